The van der Waals surface area contributed by atoms with Crippen molar-refractivity contribution in [3.8, 4) is 0 Å². The van der Waals surface area contributed by atoms with E-state index in [1.807, 2.05) is 0 Å². The summed E-state index contributed by atoms with van der Waals surface area (Å²) >= 11 is 5.76. The highest BCUT2D eigenvalue weighted by Crippen LogP contribution is 2.44. The quantitative estimate of drug-likeness (QED) is 0.839. The molecular formula is C12H13ClF3N3. The molecule has 104 valence electrons. The van der Waals surface area contributed by atoms with Crippen LogP contribution in [0.1, 0.15) is 31.5 Å². The number of halogens is 4. The van der Waals surface area contributed by atoms with Gasteiger partial charge in [-0.1, -0.05) is 18.5 Å². The summed E-state index contributed by atoms with van der Waals surface area (Å²) in [6, 6.07) is 1.44. The third kappa shape index (κ3) is 2.08. The summed E-state index contributed by atoms with van der Waals surface area (Å²) in [4.78, 5) is 4.04. The summed E-state index contributed by atoms with van der Waals surface area (Å²) in [5.74, 6) is 0. The Balaban J connectivity index is 2.83. The largest absolute Gasteiger partial charge is 0.399 e. The molecule has 0 radical (unpaired) electrons. The molecule has 0 aromatic carbocycles. The molecule has 0 saturated heterocycles. The van der Waals surface area contributed by atoms with Crippen LogP contribution in [0.5, 0.6) is 0 Å². The smallest absolute Gasteiger partial charge is 0.237 e. The van der Waals surface area contributed by atoms with Crippen LogP contribution in [0.3, 0.4) is 0 Å². The van der Waals surface area contributed by atoms with Crippen LogP contribution in [-0.4, -0.2) is 20.8 Å². The Hall–Kier alpha value is -1.30. The minimum Gasteiger partial charge on any atom is -0.237 e. The van der Waals surface area contributed by atoms with Crippen LogP contribution < -0.4 is 0 Å². The Morgan fingerprint density at radius 3 is 2.53 bits per heavy atom. The third-order valence-electron chi connectivity index (χ3n) is 3.49. The normalized spacial score (nSPS) is 15.7. The van der Waals surface area contributed by atoms with E-state index in [1.54, 1.807) is 6.92 Å². The van der Waals surface area contributed by atoms with Crippen molar-refractivity contribution < 1.29 is 13.2 Å². The number of rotatable bonds is 2. The molecule has 0 amide bonds. The van der Waals surface area contributed by atoms with Gasteiger partial charge in [0.15, 0.2) is 10.8 Å². The van der Waals surface area contributed by atoms with Crippen molar-refractivity contribution in [1.29, 1.82) is 0 Å². The van der Waals surface area contributed by atoms with E-state index in [0.717, 1.165) is 0 Å². The molecule has 2 aromatic heterocycles. The number of hydrogen-bond acceptors (Lipinski definition) is 2. The number of aromatic nitrogens is 3. The molecule has 0 saturated carbocycles. The van der Waals surface area contributed by atoms with Crippen LogP contribution in [0.4, 0.5) is 13.2 Å². The van der Waals surface area contributed by atoms with E-state index in [4.69, 9.17) is 11.6 Å². The molecule has 7 heteroatoms. The molecule has 1 unspecified atom stereocenters. The summed E-state index contributed by atoms with van der Waals surface area (Å²) in [5.41, 5.74) is -1.16. The third-order valence-corrected chi connectivity index (χ3v) is 3.68. The maximum absolute atomic E-state index is 13.4. The van der Waals surface area contributed by atoms with Gasteiger partial charge in [-0.2, -0.15) is 18.3 Å². The van der Waals surface area contributed by atoms with Gasteiger partial charge in [0.2, 0.25) is 0 Å². The minimum absolute atomic E-state index is 0.0828. The van der Waals surface area contributed by atoms with E-state index in [2.05, 4.69) is 10.1 Å². The van der Waals surface area contributed by atoms with Crippen molar-refractivity contribution >= 4 is 17.2 Å². The summed E-state index contributed by atoms with van der Waals surface area (Å²) in [7, 11) is 0. The number of alkyl halides is 3. The molecule has 2 aromatic rings. The Bertz CT molecular complexity index is 620. The first-order chi connectivity index (χ1) is 8.70. The highest BCUT2D eigenvalue weighted by Gasteiger charge is 2.53. The van der Waals surface area contributed by atoms with E-state index in [0.29, 0.717) is 11.2 Å². The standard InChI is InChI=1S/C12H13ClF3N3/c1-4-11(3,12(14,15)16)10-7(2)6-17-9-5-8(13)18-19(9)10/h5-6H,4H2,1-3H3. The molecule has 0 N–H and O–H groups in total. The van der Waals surface area contributed by atoms with E-state index in [9.17, 15) is 13.2 Å². The second-order valence-corrected chi connectivity index (χ2v) is 5.10. The maximum atomic E-state index is 13.4. The Labute approximate surface area is 113 Å². The maximum Gasteiger partial charge on any atom is 0.399 e. The zero-order valence-electron chi connectivity index (χ0n) is 10.7. The van der Waals surface area contributed by atoms with Crippen molar-refractivity contribution in [1.82, 2.24) is 14.6 Å². The molecule has 0 bridgehead atoms. The fourth-order valence-electron chi connectivity index (χ4n) is 2.16. The van der Waals surface area contributed by atoms with Crippen LogP contribution in [0, 0.1) is 6.92 Å². The molecule has 19 heavy (non-hydrogen) atoms. The fourth-order valence-corrected chi connectivity index (χ4v) is 2.34. The Morgan fingerprint density at radius 1 is 1.37 bits per heavy atom. The van der Waals surface area contributed by atoms with Crippen LogP contribution in [0.25, 0.3) is 5.65 Å². The van der Waals surface area contributed by atoms with E-state index in [-0.39, 0.29) is 17.3 Å². The summed E-state index contributed by atoms with van der Waals surface area (Å²) in [5, 5.41) is 4.05. The molecule has 0 aliphatic heterocycles. The predicted octanol–water partition coefficient (Wildman–Crippen LogP) is 3.92. The fraction of sp³-hybridized carbons (Fsp3) is 0.500. The lowest BCUT2D eigenvalue weighted by Crippen LogP contribution is -2.41. The molecule has 0 spiro atoms. The van der Waals surface area contributed by atoms with Gasteiger partial charge in [0.25, 0.3) is 0 Å². The zero-order valence-corrected chi connectivity index (χ0v) is 11.5. The van der Waals surface area contributed by atoms with E-state index >= 15 is 0 Å². The number of aryl methyl sites for hydroxylation is 1. The van der Waals surface area contributed by atoms with E-state index < -0.39 is 11.6 Å². The summed E-state index contributed by atoms with van der Waals surface area (Å²) in [6.45, 7) is 4.27. The predicted molar refractivity (Wildman–Crippen MR) is 66.4 cm³/mol. The first-order valence-electron chi connectivity index (χ1n) is 5.79. The van der Waals surface area contributed by atoms with Crippen molar-refractivity contribution in [3.63, 3.8) is 0 Å². The molecule has 2 heterocycles. The molecule has 0 fully saturated rings. The zero-order chi connectivity index (χ0) is 14.4. The highest BCUT2D eigenvalue weighted by atomic mass is 35.5. The summed E-state index contributed by atoms with van der Waals surface area (Å²) in [6.07, 6.45) is -3.05. The average Bonchev–Trinajstić information content (AvgIpc) is 2.66. The van der Waals surface area contributed by atoms with Gasteiger partial charge in [0, 0.05) is 12.3 Å². The lowest BCUT2D eigenvalue weighted by molar-refractivity contribution is -0.188. The SMILES string of the molecule is CCC(C)(c1c(C)cnc2cc(Cl)nn12)C(F)(F)F. The van der Waals surface area contributed by atoms with Crippen LogP contribution in [-0.2, 0) is 5.41 Å². The van der Waals surface area contributed by atoms with Gasteiger partial charge in [-0.05, 0) is 25.8 Å². The molecular weight excluding hydrogens is 279 g/mol. The second-order valence-electron chi connectivity index (χ2n) is 4.71. The van der Waals surface area contributed by atoms with Crippen LogP contribution in [0.15, 0.2) is 12.3 Å². The van der Waals surface area contributed by atoms with Crippen molar-refractivity contribution in [2.45, 2.75) is 38.8 Å². The van der Waals surface area contributed by atoms with E-state index in [1.165, 1.54) is 30.6 Å². The Morgan fingerprint density at radius 2 is 2.00 bits per heavy atom. The molecule has 0 aliphatic rings. The Kier molecular flexibility index (Phi) is 3.24. The van der Waals surface area contributed by atoms with Gasteiger partial charge in [-0.15, -0.1) is 0 Å². The molecule has 2 rings (SSSR count). The van der Waals surface area contributed by atoms with Gasteiger partial charge < -0.3 is 0 Å². The topological polar surface area (TPSA) is 30.2 Å². The van der Waals surface area contributed by atoms with Gasteiger partial charge in [-0.25, -0.2) is 9.50 Å². The van der Waals surface area contributed by atoms with Gasteiger partial charge in [0.1, 0.15) is 5.41 Å². The molecule has 3 nitrogen and oxygen atoms in total. The van der Waals surface area contributed by atoms with Gasteiger partial charge >= 0.3 is 6.18 Å². The van der Waals surface area contributed by atoms with Gasteiger partial charge in [-0.3, -0.25) is 0 Å². The number of nitrogens with zero attached hydrogens (tertiary/aromatic N) is 3. The van der Waals surface area contributed by atoms with Crippen molar-refractivity contribution in [2.24, 2.45) is 0 Å². The minimum atomic E-state index is -4.38. The van der Waals surface area contributed by atoms with Crippen molar-refractivity contribution in [3.05, 3.63) is 28.7 Å². The second kappa shape index (κ2) is 4.37. The van der Waals surface area contributed by atoms with Crippen LogP contribution >= 0.6 is 11.6 Å². The monoisotopic (exact) mass is 291 g/mol. The number of hydrogen-bond donors (Lipinski definition) is 0. The molecule has 0 aliphatic carbocycles. The highest BCUT2D eigenvalue weighted by molar-refractivity contribution is 6.29. The summed E-state index contributed by atoms with van der Waals surface area (Å²) < 4.78 is 41.4. The lowest BCUT2D eigenvalue weighted by Gasteiger charge is -2.32. The van der Waals surface area contributed by atoms with Gasteiger partial charge in [0.05, 0.1) is 5.69 Å². The lowest BCUT2D eigenvalue weighted by atomic mass is 9.81. The number of fused-ring (bicyclic) bond motifs is 1. The first-order valence-corrected chi connectivity index (χ1v) is 6.16. The first kappa shape index (κ1) is 14.1. The van der Waals surface area contributed by atoms with Crippen molar-refractivity contribution in [2.75, 3.05) is 0 Å². The molecule has 1 atom stereocenters. The average molecular weight is 292 g/mol. The van der Waals surface area contributed by atoms with Crippen LogP contribution in [0.2, 0.25) is 5.15 Å².